The smallest absolute Gasteiger partial charge is 0.306 e. The summed E-state index contributed by atoms with van der Waals surface area (Å²) in [7, 11) is 0. The van der Waals surface area contributed by atoms with Gasteiger partial charge in [-0.05, 0) is 12.8 Å². The normalized spacial score (nSPS) is 12.0. The van der Waals surface area contributed by atoms with E-state index in [0.29, 0.717) is 12.8 Å². The second kappa shape index (κ2) is 22.6. The maximum absolute atomic E-state index is 11.8. The van der Waals surface area contributed by atoms with E-state index in [0.717, 1.165) is 32.1 Å². The molecule has 0 aliphatic carbocycles. The van der Waals surface area contributed by atoms with Gasteiger partial charge in [-0.2, -0.15) is 0 Å². The molecule has 0 aliphatic heterocycles. The highest BCUT2D eigenvalue weighted by atomic mass is 16.6. The molecule has 0 fully saturated rings. The predicted molar refractivity (Wildman–Crippen MR) is 122 cm³/mol. The van der Waals surface area contributed by atoms with Crippen LogP contribution in [0.25, 0.3) is 0 Å². The fraction of sp³-hybridized carbons (Fsp3) is 0.920. The molecule has 0 saturated heterocycles. The Morgan fingerprint density at radius 3 is 1.53 bits per heavy atom. The summed E-state index contributed by atoms with van der Waals surface area (Å²) in [4.78, 5) is 23.5. The minimum absolute atomic E-state index is 0.0622. The molecule has 0 aromatic carbocycles. The van der Waals surface area contributed by atoms with Crippen molar-refractivity contribution < 1.29 is 24.2 Å². The van der Waals surface area contributed by atoms with Gasteiger partial charge in [-0.1, -0.05) is 104 Å². The van der Waals surface area contributed by atoms with Gasteiger partial charge >= 0.3 is 11.9 Å². The van der Waals surface area contributed by atoms with E-state index in [9.17, 15) is 14.7 Å². The number of esters is 2. The Kier molecular flexibility index (Phi) is 21.8. The van der Waals surface area contributed by atoms with Crippen LogP contribution in [0.15, 0.2) is 0 Å². The lowest BCUT2D eigenvalue weighted by Gasteiger charge is -2.15. The second-order valence-electron chi connectivity index (χ2n) is 8.43. The summed E-state index contributed by atoms with van der Waals surface area (Å²) in [5.41, 5.74) is 0. The summed E-state index contributed by atoms with van der Waals surface area (Å²) in [6.45, 7) is 3.93. The number of aliphatic hydroxyl groups is 1. The van der Waals surface area contributed by atoms with Crippen LogP contribution in [-0.2, 0) is 19.1 Å². The molecule has 0 radical (unpaired) electrons. The fourth-order valence-corrected chi connectivity index (χ4v) is 3.43. The van der Waals surface area contributed by atoms with Gasteiger partial charge in [-0.25, -0.2) is 0 Å². The van der Waals surface area contributed by atoms with E-state index in [4.69, 9.17) is 9.47 Å². The molecule has 0 aromatic rings. The number of aliphatic hydroxyl groups excluding tert-OH is 1. The Morgan fingerprint density at radius 2 is 1.03 bits per heavy atom. The summed E-state index contributed by atoms with van der Waals surface area (Å²) in [6, 6.07) is 0. The predicted octanol–water partition coefficient (Wildman–Crippen LogP) is 6.50. The summed E-state index contributed by atoms with van der Waals surface area (Å²) in [5, 5.41) is 9.29. The zero-order chi connectivity index (χ0) is 22.3. The minimum atomic E-state index is -0.755. The van der Waals surface area contributed by atoms with Gasteiger partial charge in [0.1, 0.15) is 6.61 Å². The monoisotopic (exact) mass is 428 g/mol. The molecule has 0 heterocycles. The van der Waals surface area contributed by atoms with Crippen LogP contribution >= 0.6 is 0 Å². The average molecular weight is 429 g/mol. The summed E-state index contributed by atoms with van der Waals surface area (Å²) in [5.74, 6) is -0.617. The van der Waals surface area contributed by atoms with Gasteiger partial charge in [0.05, 0.1) is 6.61 Å². The van der Waals surface area contributed by atoms with Gasteiger partial charge in [-0.3, -0.25) is 9.59 Å². The average Bonchev–Trinajstić information content (AvgIpc) is 2.74. The molecule has 0 aromatic heterocycles. The SMILES string of the molecule is CCCCCCCCCCCCCCCC(=O)OC[C@@H](CO)OC(=O)CCCCC. The van der Waals surface area contributed by atoms with Crippen LogP contribution in [0.5, 0.6) is 0 Å². The van der Waals surface area contributed by atoms with Crippen LogP contribution in [0.3, 0.4) is 0 Å². The zero-order valence-electron chi connectivity index (χ0n) is 19.8. The van der Waals surface area contributed by atoms with Crippen LogP contribution in [0.2, 0.25) is 0 Å². The standard InChI is InChI=1S/C25H48O5/c1-3-5-7-8-9-10-11-12-13-14-15-16-18-19-24(27)29-22-23(21-26)30-25(28)20-17-6-4-2/h23,26H,3-22H2,1-2H3/t23-/m1/s1. The van der Waals surface area contributed by atoms with E-state index in [1.54, 1.807) is 0 Å². The highest BCUT2D eigenvalue weighted by Crippen LogP contribution is 2.13. The molecule has 0 unspecified atom stereocenters. The summed E-state index contributed by atoms with van der Waals surface area (Å²) >= 11 is 0. The zero-order valence-corrected chi connectivity index (χ0v) is 19.8. The van der Waals surface area contributed by atoms with Gasteiger partial charge in [0.25, 0.3) is 0 Å². The number of unbranched alkanes of at least 4 members (excludes halogenated alkanes) is 14. The molecule has 0 spiro atoms. The largest absolute Gasteiger partial charge is 0.462 e. The van der Waals surface area contributed by atoms with Crippen molar-refractivity contribution >= 4 is 11.9 Å². The van der Waals surface area contributed by atoms with E-state index in [2.05, 4.69) is 13.8 Å². The lowest BCUT2D eigenvalue weighted by molar-refractivity contribution is -0.161. The molecule has 1 N–H and O–H groups in total. The van der Waals surface area contributed by atoms with Crippen molar-refractivity contribution in [2.24, 2.45) is 0 Å². The third-order valence-corrected chi connectivity index (χ3v) is 5.40. The molecular formula is C25H48O5. The van der Waals surface area contributed by atoms with Crippen molar-refractivity contribution in [3.05, 3.63) is 0 Å². The molecule has 5 heteroatoms. The number of rotatable bonds is 22. The molecule has 0 saturated carbocycles. The quantitative estimate of drug-likeness (QED) is 0.157. The first-order valence-electron chi connectivity index (χ1n) is 12.6. The van der Waals surface area contributed by atoms with Crippen LogP contribution in [0.1, 0.15) is 129 Å². The second-order valence-corrected chi connectivity index (χ2v) is 8.43. The molecule has 5 nitrogen and oxygen atoms in total. The van der Waals surface area contributed by atoms with Gasteiger partial charge in [0, 0.05) is 12.8 Å². The number of hydrogen-bond donors (Lipinski definition) is 1. The van der Waals surface area contributed by atoms with Crippen molar-refractivity contribution in [3.63, 3.8) is 0 Å². The summed E-state index contributed by atoms with van der Waals surface area (Å²) < 4.78 is 10.3. The molecular weight excluding hydrogens is 380 g/mol. The Morgan fingerprint density at radius 1 is 0.633 bits per heavy atom. The first-order valence-corrected chi connectivity index (χ1v) is 12.6. The number of ether oxygens (including phenoxy) is 2. The maximum Gasteiger partial charge on any atom is 0.306 e. The molecule has 30 heavy (non-hydrogen) atoms. The third kappa shape index (κ3) is 20.2. The van der Waals surface area contributed by atoms with Gasteiger partial charge in [-0.15, -0.1) is 0 Å². The Bertz CT molecular complexity index is 397. The fourth-order valence-electron chi connectivity index (χ4n) is 3.43. The number of carbonyl (C=O) groups excluding carboxylic acids is 2. The van der Waals surface area contributed by atoms with Crippen molar-refractivity contribution in [1.82, 2.24) is 0 Å². The van der Waals surface area contributed by atoms with Crippen molar-refractivity contribution in [3.8, 4) is 0 Å². The maximum atomic E-state index is 11.8. The lowest BCUT2D eigenvalue weighted by atomic mass is 10.0. The minimum Gasteiger partial charge on any atom is -0.462 e. The van der Waals surface area contributed by atoms with E-state index in [1.807, 2.05) is 0 Å². The van der Waals surface area contributed by atoms with Gasteiger partial charge in [0.15, 0.2) is 6.10 Å². The van der Waals surface area contributed by atoms with E-state index in [1.165, 1.54) is 70.6 Å². The van der Waals surface area contributed by atoms with E-state index in [-0.39, 0.29) is 25.2 Å². The van der Waals surface area contributed by atoms with Crippen LogP contribution in [0.4, 0.5) is 0 Å². The molecule has 0 aliphatic rings. The van der Waals surface area contributed by atoms with Crippen molar-refractivity contribution in [2.45, 2.75) is 136 Å². The Hall–Kier alpha value is -1.10. The highest BCUT2D eigenvalue weighted by molar-refractivity contribution is 5.70. The van der Waals surface area contributed by atoms with Crippen LogP contribution in [0, 0.1) is 0 Å². The summed E-state index contributed by atoms with van der Waals surface area (Å²) in [6.07, 6.45) is 19.3. The molecule has 1 atom stereocenters. The van der Waals surface area contributed by atoms with Crippen molar-refractivity contribution in [1.29, 1.82) is 0 Å². The van der Waals surface area contributed by atoms with Gasteiger partial charge in [0.2, 0.25) is 0 Å². The van der Waals surface area contributed by atoms with Crippen molar-refractivity contribution in [2.75, 3.05) is 13.2 Å². The first-order chi connectivity index (χ1) is 14.6. The first kappa shape index (κ1) is 28.9. The molecule has 0 bridgehead atoms. The topological polar surface area (TPSA) is 72.8 Å². The Labute approximate surface area is 185 Å². The molecule has 178 valence electrons. The Balaban J connectivity index is 3.50. The third-order valence-electron chi connectivity index (χ3n) is 5.40. The highest BCUT2D eigenvalue weighted by Gasteiger charge is 2.15. The molecule has 0 amide bonds. The molecule has 0 rings (SSSR count). The number of hydrogen-bond acceptors (Lipinski definition) is 5. The lowest BCUT2D eigenvalue weighted by Crippen LogP contribution is -2.28. The van der Waals surface area contributed by atoms with Gasteiger partial charge < -0.3 is 14.6 Å². The number of carbonyl (C=O) groups is 2. The van der Waals surface area contributed by atoms with E-state index >= 15 is 0 Å². The van der Waals surface area contributed by atoms with Crippen LogP contribution in [-0.4, -0.2) is 36.4 Å². The van der Waals surface area contributed by atoms with Crippen LogP contribution < -0.4 is 0 Å². The van der Waals surface area contributed by atoms with E-state index < -0.39 is 6.10 Å².